The van der Waals surface area contributed by atoms with Gasteiger partial charge in [-0.05, 0) is 31.0 Å². The Bertz CT molecular complexity index is 450. The zero-order valence-electron chi connectivity index (χ0n) is 10.2. The maximum atomic E-state index is 11.8. The molecule has 0 radical (unpaired) electrons. The fourth-order valence-electron chi connectivity index (χ4n) is 1.94. The number of carbonyl (C=O) groups is 1. The van der Waals surface area contributed by atoms with E-state index in [0.29, 0.717) is 18.0 Å². The molecule has 1 amide bonds. The number of ether oxygens (including phenoxy) is 1. The number of hydrogen-bond acceptors (Lipinski definition) is 3. The maximum absolute atomic E-state index is 11.8. The number of amides is 1. The second-order valence-electron chi connectivity index (χ2n) is 4.38. The minimum absolute atomic E-state index is 0.0517. The molecule has 1 unspecified atom stereocenters. The van der Waals surface area contributed by atoms with E-state index in [0.717, 1.165) is 11.3 Å². The molecule has 1 aliphatic rings. The zero-order chi connectivity index (χ0) is 13.1. The number of nitrogens with zero attached hydrogens (tertiary/aromatic N) is 1. The number of aryl methyl sites for hydroxylation is 1. The number of rotatable bonds is 3. The molecule has 98 valence electrons. The van der Waals surface area contributed by atoms with E-state index in [4.69, 9.17) is 21.4 Å². The summed E-state index contributed by atoms with van der Waals surface area (Å²) in [5.74, 6) is -0.0795. The van der Waals surface area contributed by atoms with Gasteiger partial charge in [0.1, 0.15) is 6.61 Å². The van der Waals surface area contributed by atoms with Crippen LogP contribution in [0.25, 0.3) is 0 Å². The standard InChI is InChI=1S/C13H16ClNO3/c1-9-2-3-10(6-12(9)14)15-7-11(4-5-16)18-8-13(15)17/h2-3,6,11,16H,4-5,7-8H2,1H3. The molecular formula is C13H16ClNO3. The van der Waals surface area contributed by atoms with E-state index >= 15 is 0 Å². The highest BCUT2D eigenvalue weighted by Gasteiger charge is 2.27. The quantitative estimate of drug-likeness (QED) is 0.910. The molecule has 0 aromatic heterocycles. The largest absolute Gasteiger partial charge is 0.396 e. The van der Waals surface area contributed by atoms with Gasteiger partial charge >= 0.3 is 0 Å². The first-order valence-electron chi connectivity index (χ1n) is 5.91. The van der Waals surface area contributed by atoms with Gasteiger partial charge in [0.2, 0.25) is 0 Å². The Morgan fingerprint density at radius 2 is 2.33 bits per heavy atom. The molecule has 1 aromatic carbocycles. The minimum atomic E-state index is -0.118. The molecule has 2 rings (SSSR count). The lowest BCUT2D eigenvalue weighted by Crippen LogP contribution is -2.47. The summed E-state index contributed by atoms with van der Waals surface area (Å²) in [5.41, 5.74) is 1.76. The van der Waals surface area contributed by atoms with Gasteiger partial charge in [-0.25, -0.2) is 0 Å². The number of carbonyl (C=O) groups excluding carboxylic acids is 1. The Kier molecular flexibility index (Phi) is 4.22. The molecule has 0 spiro atoms. The van der Waals surface area contributed by atoms with Gasteiger partial charge in [-0.15, -0.1) is 0 Å². The Hall–Kier alpha value is -1.10. The van der Waals surface area contributed by atoms with Crippen LogP contribution in [0.3, 0.4) is 0 Å². The molecule has 0 bridgehead atoms. The Morgan fingerprint density at radius 1 is 1.56 bits per heavy atom. The van der Waals surface area contributed by atoms with E-state index < -0.39 is 0 Å². The van der Waals surface area contributed by atoms with E-state index in [1.165, 1.54) is 0 Å². The molecule has 1 saturated heterocycles. The molecular weight excluding hydrogens is 254 g/mol. The number of morpholine rings is 1. The molecule has 0 saturated carbocycles. The van der Waals surface area contributed by atoms with Crippen LogP contribution in [-0.2, 0) is 9.53 Å². The first-order chi connectivity index (χ1) is 8.61. The topological polar surface area (TPSA) is 49.8 Å². The van der Waals surface area contributed by atoms with Crippen LogP contribution in [0.2, 0.25) is 5.02 Å². The van der Waals surface area contributed by atoms with Crippen molar-refractivity contribution in [1.82, 2.24) is 0 Å². The van der Waals surface area contributed by atoms with Crippen molar-refractivity contribution in [3.8, 4) is 0 Å². The fourth-order valence-corrected chi connectivity index (χ4v) is 2.12. The molecule has 0 aliphatic carbocycles. The normalized spacial score (nSPS) is 20.3. The predicted molar refractivity (Wildman–Crippen MR) is 70.0 cm³/mol. The zero-order valence-corrected chi connectivity index (χ0v) is 11.0. The van der Waals surface area contributed by atoms with Crippen LogP contribution < -0.4 is 4.90 Å². The summed E-state index contributed by atoms with van der Waals surface area (Å²) in [7, 11) is 0. The summed E-state index contributed by atoms with van der Waals surface area (Å²) in [6.07, 6.45) is 0.413. The second-order valence-corrected chi connectivity index (χ2v) is 4.79. The molecule has 18 heavy (non-hydrogen) atoms. The highest BCUT2D eigenvalue weighted by Crippen LogP contribution is 2.25. The Morgan fingerprint density at radius 3 is 3.00 bits per heavy atom. The van der Waals surface area contributed by atoms with Crippen molar-refractivity contribution in [2.24, 2.45) is 0 Å². The molecule has 5 heteroatoms. The van der Waals surface area contributed by atoms with Crippen molar-refractivity contribution in [3.05, 3.63) is 28.8 Å². The van der Waals surface area contributed by atoms with Crippen molar-refractivity contribution in [2.75, 3.05) is 24.7 Å². The molecule has 1 fully saturated rings. The van der Waals surface area contributed by atoms with Crippen LogP contribution in [0.4, 0.5) is 5.69 Å². The van der Waals surface area contributed by atoms with Crippen LogP contribution in [0.5, 0.6) is 0 Å². The number of aliphatic hydroxyl groups excluding tert-OH is 1. The van der Waals surface area contributed by atoms with Crippen molar-refractivity contribution in [3.63, 3.8) is 0 Å². The van der Waals surface area contributed by atoms with Gasteiger partial charge in [0.05, 0.1) is 12.6 Å². The monoisotopic (exact) mass is 269 g/mol. The summed E-state index contributed by atoms with van der Waals surface area (Å²) < 4.78 is 5.35. The summed E-state index contributed by atoms with van der Waals surface area (Å²) in [6, 6.07) is 5.55. The van der Waals surface area contributed by atoms with Gasteiger partial charge in [0, 0.05) is 17.3 Å². The first-order valence-corrected chi connectivity index (χ1v) is 6.28. The van der Waals surface area contributed by atoms with Gasteiger partial charge in [0.25, 0.3) is 5.91 Å². The average molecular weight is 270 g/mol. The van der Waals surface area contributed by atoms with Crippen molar-refractivity contribution in [1.29, 1.82) is 0 Å². The second kappa shape index (κ2) is 5.69. The summed E-state index contributed by atoms with van der Waals surface area (Å²) in [5, 5.41) is 9.56. The van der Waals surface area contributed by atoms with Gasteiger partial charge in [-0.3, -0.25) is 4.79 Å². The third-order valence-electron chi connectivity index (χ3n) is 3.05. The van der Waals surface area contributed by atoms with E-state index in [1.807, 2.05) is 19.1 Å². The van der Waals surface area contributed by atoms with Crippen molar-refractivity contribution >= 4 is 23.2 Å². The number of anilines is 1. The summed E-state index contributed by atoms with van der Waals surface area (Å²) in [4.78, 5) is 13.5. The van der Waals surface area contributed by atoms with Gasteiger partial charge in [-0.2, -0.15) is 0 Å². The molecule has 1 aromatic rings. The van der Waals surface area contributed by atoms with E-state index in [2.05, 4.69) is 0 Å². The summed E-state index contributed by atoms with van der Waals surface area (Å²) in [6.45, 7) is 2.48. The Balaban J connectivity index is 2.18. The molecule has 4 nitrogen and oxygen atoms in total. The van der Waals surface area contributed by atoms with Crippen molar-refractivity contribution < 1.29 is 14.6 Å². The lowest BCUT2D eigenvalue weighted by Gasteiger charge is -2.32. The fraction of sp³-hybridized carbons (Fsp3) is 0.462. The van der Waals surface area contributed by atoms with Gasteiger partial charge in [0.15, 0.2) is 0 Å². The Labute approximate surface area is 111 Å². The van der Waals surface area contributed by atoms with E-state index in [-0.39, 0.29) is 25.2 Å². The SMILES string of the molecule is Cc1ccc(N2CC(CCO)OCC2=O)cc1Cl. The maximum Gasteiger partial charge on any atom is 0.253 e. The predicted octanol–water partition coefficient (Wildman–Crippen LogP) is 1.76. The molecule has 1 heterocycles. The highest BCUT2D eigenvalue weighted by atomic mass is 35.5. The van der Waals surface area contributed by atoms with Gasteiger partial charge < -0.3 is 14.7 Å². The third-order valence-corrected chi connectivity index (χ3v) is 3.46. The lowest BCUT2D eigenvalue weighted by atomic mass is 10.1. The number of hydrogen-bond donors (Lipinski definition) is 1. The lowest BCUT2D eigenvalue weighted by molar-refractivity contribution is -0.129. The van der Waals surface area contributed by atoms with E-state index in [1.54, 1.807) is 11.0 Å². The smallest absolute Gasteiger partial charge is 0.253 e. The van der Waals surface area contributed by atoms with Crippen molar-refractivity contribution in [2.45, 2.75) is 19.4 Å². The third kappa shape index (κ3) is 2.83. The van der Waals surface area contributed by atoms with Crippen LogP contribution in [-0.4, -0.2) is 36.9 Å². The number of benzene rings is 1. The van der Waals surface area contributed by atoms with Crippen LogP contribution in [0.1, 0.15) is 12.0 Å². The molecule has 1 aliphatic heterocycles. The molecule has 1 atom stereocenters. The summed E-state index contributed by atoms with van der Waals surface area (Å²) >= 11 is 6.07. The van der Waals surface area contributed by atoms with Gasteiger partial charge in [-0.1, -0.05) is 17.7 Å². The number of aliphatic hydroxyl groups is 1. The number of halogens is 1. The van der Waals surface area contributed by atoms with Crippen LogP contribution in [0, 0.1) is 6.92 Å². The highest BCUT2D eigenvalue weighted by molar-refractivity contribution is 6.31. The van der Waals surface area contributed by atoms with Crippen LogP contribution in [0.15, 0.2) is 18.2 Å². The van der Waals surface area contributed by atoms with E-state index in [9.17, 15) is 4.79 Å². The minimum Gasteiger partial charge on any atom is -0.396 e. The van der Waals surface area contributed by atoms with Crippen LogP contribution >= 0.6 is 11.6 Å². The molecule has 1 N–H and O–H groups in total. The average Bonchev–Trinajstić information content (AvgIpc) is 2.35. The first kappa shape index (κ1) is 13.3.